The molecule has 3 heteroatoms. The van der Waals surface area contributed by atoms with Crippen LogP contribution in [0.5, 0.6) is 0 Å². The van der Waals surface area contributed by atoms with Crippen molar-refractivity contribution < 1.29 is 14.3 Å². The molecule has 16 heavy (non-hydrogen) atoms. The molecular formula is C13H16O3. The molecule has 3 nitrogen and oxygen atoms in total. The van der Waals surface area contributed by atoms with Gasteiger partial charge in [-0.1, -0.05) is 26.0 Å². The van der Waals surface area contributed by atoms with Gasteiger partial charge in [-0.05, 0) is 18.1 Å². The van der Waals surface area contributed by atoms with Gasteiger partial charge in [0.2, 0.25) is 0 Å². The zero-order valence-corrected chi connectivity index (χ0v) is 9.82. The highest BCUT2D eigenvalue weighted by molar-refractivity contribution is 5.97. The number of Topliss-reactive ketones (excluding diaryl/α,β-unsaturated/α-hetero) is 1. The van der Waals surface area contributed by atoms with Crippen LogP contribution in [-0.2, 0) is 4.74 Å². The van der Waals surface area contributed by atoms with Crippen LogP contribution in [0.3, 0.4) is 0 Å². The van der Waals surface area contributed by atoms with Gasteiger partial charge in [0, 0.05) is 12.0 Å². The number of benzene rings is 1. The van der Waals surface area contributed by atoms with E-state index in [4.69, 9.17) is 0 Å². The van der Waals surface area contributed by atoms with Gasteiger partial charge < -0.3 is 4.74 Å². The van der Waals surface area contributed by atoms with Crippen molar-refractivity contribution >= 4 is 11.8 Å². The molecule has 0 atom stereocenters. The predicted molar refractivity (Wildman–Crippen MR) is 61.6 cm³/mol. The molecular weight excluding hydrogens is 204 g/mol. The minimum absolute atomic E-state index is 0.103. The SMILES string of the molecule is COC(=O)c1ccc(C(=O)CC(C)C)cc1. The average Bonchev–Trinajstić information content (AvgIpc) is 2.27. The third-order valence-electron chi connectivity index (χ3n) is 2.22. The third-order valence-corrected chi connectivity index (χ3v) is 2.22. The molecule has 0 spiro atoms. The van der Waals surface area contributed by atoms with E-state index < -0.39 is 0 Å². The van der Waals surface area contributed by atoms with E-state index >= 15 is 0 Å². The first-order valence-corrected chi connectivity index (χ1v) is 5.26. The van der Waals surface area contributed by atoms with Crippen molar-refractivity contribution in [3.63, 3.8) is 0 Å². The Balaban J connectivity index is 2.78. The lowest BCUT2D eigenvalue weighted by molar-refractivity contribution is 0.0600. The Bertz CT molecular complexity index is 377. The van der Waals surface area contributed by atoms with Gasteiger partial charge in [0.25, 0.3) is 0 Å². The molecule has 0 aliphatic carbocycles. The number of carbonyl (C=O) groups excluding carboxylic acids is 2. The van der Waals surface area contributed by atoms with Crippen molar-refractivity contribution in [2.75, 3.05) is 7.11 Å². The minimum Gasteiger partial charge on any atom is -0.465 e. The average molecular weight is 220 g/mol. The Morgan fingerprint density at radius 2 is 1.62 bits per heavy atom. The molecule has 0 aromatic heterocycles. The van der Waals surface area contributed by atoms with E-state index in [0.717, 1.165) is 0 Å². The number of ketones is 1. The number of hydrogen-bond donors (Lipinski definition) is 0. The first-order valence-electron chi connectivity index (χ1n) is 5.26. The molecule has 1 aromatic rings. The molecule has 0 bridgehead atoms. The maximum atomic E-state index is 11.7. The van der Waals surface area contributed by atoms with Gasteiger partial charge in [-0.25, -0.2) is 4.79 Å². The fraction of sp³-hybridized carbons (Fsp3) is 0.385. The van der Waals surface area contributed by atoms with Crippen molar-refractivity contribution in [2.24, 2.45) is 5.92 Å². The second kappa shape index (κ2) is 5.45. The number of carbonyl (C=O) groups is 2. The van der Waals surface area contributed by atoms with E-state index in [-0.39, 0.29) is 11.8 Å². The van der Waals surface area contributed by atoms with E-state index in [1.54, 1.807) is 24.3 Å². The van der Waals surface area contributed by atoms with E-state index in [1.807, 2.05) is 13.8 Å². The monoisotopic (exact) mass is 220 g/mol. The molecule has 0 aliphatic rings. The summed E-state index contributed by atoms with van der Waals surface area (Å²) in [5, 5.41) is 0. The van der Waals surface area contributed by atoms with Crippen LogP contribution < -0.4 is 0 Å². The Hall–Kier alpha value is -1.64. The maximum absolute atomic E-state index is 11.7. The van der Waals surface area contributed by atoms with Gasteiger partial charge in [-0.2, -0.15) is 0 Å². The summed E-state index contributed by atoms with van der Waals surface area (Å²) in [5.74, 6) is 0.0575. The molecule has 0 N–H and O–H groups in total. The van der Waals surface area contributed by atoms with Crippen LogP contribution in [0.2, 0.25) is 0 Å². The van der Waals surface area contributed by atoms with Crippen LogP contribution in [0.1, 0.15) is 41.0 Å². The summed E-state index contributed by atoms with van der Waals surface area (Å²) in [7, 11) is 1.33. The molecule has 86 valence electrons. The van der Waals surface area contributed by atoms with Gasteiger partial charge in [-0.3, -0.25) is 4.79 Å². The van der Waals surface area contributed by atoms with E-state index in [9.17, 15) is 9.59 Å². The van der Waals surface area contributed by atoms with E-state index in [0.29, 0.717) is 23.5 Å². The zero-order valence-electron chi connectivity index (χ0n) is 9.82. The Labute approximate surface area is 95.4 Å². The van der Waals surface area contributed by atoms with Crippen LogP contribution >= 0.6 is 0 Å². The molecule has 1 rings (SSSR count). The second-order valence-electron chi connectivity index (χ2n) is 4.09. The highest BCUT2D eigenvalue weighted by Gasteiger charge is 2.10. The van der Waals surface area contributed by atoms with Crippen LogP contribution in [0, 0.1) is 5.92 Å². The number of methoxy groups -OCH3 is 1. The maximum Gasteiger partial charge on any atom is 0.337 e. The van der Waals surface area contributed by atoms with Crippen LogP contribution in [-0.4, -0.2) is 18.9 Å². The fourth-order valence-electron chi connectivity index (χ4n) is 1.40. The van der Waals surface area contributed by atoms with Gasteiger partial charge in [0.05, 0.1) is 12.7 Å². The van der Waals surface area contributed by atoms with Gasteiger partial charge in [0.1, 0.15) is 0 Å². The zero-order chi connectivity index (χ0) is 12.1. The van der Waals surface area contributed by atoms with Crippen molar-refractivity contribution in [2.45, 2.75) is 20.3 Å². The number of ether oxygens (including phenoxy) is 1. The van der Waals surface area contributed by atoms with Crippen molar-refractivity contribution in [1.29, 1.82) is 0 Å². The molecule has 0 aliphatic heterocycles. The molecule has 0 saturated heterocycles. The predicted octanol–water partition coefficient (Wildman–Crippen LogP) is 2.70. The Kier molecular flexibility index (Phi) is 4.23. The topological polar surface area (TPSA) is 43.4 Å². The minimum atomic E-state index is -0.386. The standard InChI is InChI=1S/C13H16O3/c1-9(2)8-12(14)10-4-6-11(7-5-10)13(15)16-3/h4-7,9H,8H2,1-3H3. The van der Waals surface area contributed by atoms with Gasteiger partial charge >= 0.3 is 5.97 Å². The van der Waals surface area contributed by atoms with Crippen LogP contribution in [0.15, 0.2) is 24.3 Å². The number of hydrogen-bond acceptors (Lipinski definition) is 3. The highest BCUT2D eigenvalue weighted by atomic mass is 16.5. The molecule has 0 radical (unpaired) electrons. The summed E-state index contributed by atoms with van der Waals surface area (Å²) in [5.41, 5.74) is 1.10. The number of rotatable bonds is 4. The summed E-state index contributed by atoms with van der Waals surface area (Å²) in [4.78, 5) is 22.9. The number of esters is 1. The molecule has 1 aromatic carbocycles. The fourth-order valence-corrected chi connectivity index (χ4v) is 1.40. The Morgan fingerprint density at radius 3 is 2.06 bits per heavy atom. The van der Waals surface area contributed by atoms with Crippen LogP contribution in [0.4, 0.5) is 0 Å². The summed E-state index contributed by atoms with van der Waals surface area (Å²) in [6.45, 7) is 4.00. The first kappa shape index (κ1) is 12.4. The third kappa shape index (κ3) is 3.19. The summed E-state index contributed by atoms with van der Waals surface area (Å²) in [6, 6.07) is 6.55. The van der Waals surface area contributed by atoms with Gasteiger partial charge in [-0.15, -0.1) is 0 Å². The smallest absolute Gasteiger partial charge is 0.337 e. The van der Waals surface area contributed by atoms with E-state index in [2.05, 4.69) is 4.74 Å². The summed E-state index contributed by atoms with van der Waals surface area (Å²) >= 11 is 0. The van der Waals surface area contributed by atoms with Crippen molar-refractivity contribution in [3.05, 3.63) is 35.4 Å². The lowest BCUT2D eigenvalue weighted by atomic mass is 10.0. The lowest BCUT2D eigenvalue weighted by Gasteiger charge is -2.04. The molecule has 0 fully saturated rings. The molecule has 0 saturated carbocycles. The largest absolute Gasteiger partial charge is 0.465 e. The van der Waals surface area contributed by atoms with Crippen molar-refractivity contribution in [1.82, 2.24) is 0 Å². The second-order valence-corrected chi connectivity index (χ2v) is 4.09. The summed E-state index contributed by atoms with van der Waals surface area (Å²) in [6.07, 6.45) is 0.525. The highest BCUT2D eigenvalue weighted by Crippen LogP contribution is 2.11. The normalized spacial score (nSPS) is 10.2. The quantitative estimate of drug-likeness (QED) is 0.578. The molecule has 0 unspecified atom stereocenters. The Morgan fingerprint density at radius 1 is 1.12 bits per heavy atom. The first-order chi connectivity index (χ1) is 7.54. The van der Waals surface area contributed by atoms with Crippen molar-refractivity contribution in [3.8, 4) is 0 Å². The lowest BCUT2D eigenvalue weighted by Crippen LogP contribution is -2.05. The van der Waals surface area contributed by atoms with Gasteiger partial charge in [0.15, 0.2) is 5.78 Å². The molecule has 0 amide bonds. The van der Waals surface area contributed by atoms with Crippen LogP contribution in [0.25, 0.3) is 0 Å². The van der Waals surface area contributed by atoms with E-state index in [1.165, 1.54) is 7.11 Å². The molecule has 0 heterocycles. The summed E-state index contributed by atoms with van der Waals surface area (Å²) < 4.78 is 4.58.